The number of hydrogen-bond donors (Lipinski definition) is 1. The van der Waals surface area contributed by atoms with Gasteiger partial charge in [-0.05, 0) is 62.7 Å². The lowest BCUT2D eigenvalue weighted by molar-refractivity contribution is 0.355. The third kappa shape index (κ3) is 4.68. The maximum Gasteiger partial charge on any atom is 0.266 e. The van der Waals surface area contributed by atoms with E-state index in [9.17, 15) is 4.79 Å². The van der Waals surface area contributed by atoms with Gasteiger partial charge in [0.25, 0.3) is 5.56 Å². The summed E-state index contributed by atoms with van der Waals surface area (Å²) in [6.07, 6.45) is 1.63. The van der Waals surface area contributed by atoms with E-state index < -0.39 is 0 Å². The zero-order valence-electron chi connectivity index (χ0n) is 11.7. The van der Waals surface area contributed by atoms with Crippen LogP contribution >= 0.6 is 22.6 Å². The molecule has 0 amide bonds. The highest BCUT2D eigenvalue weighted by molar-refractivity contribution is 14.1. The first-order valence-corrected chi connectivity index (χ1v) is 7.25. The second-order valence-electron chi connectivity index (χ2n) is 5.81. The topological polar surface area (TPSA) is 46.9 Å². The van der Waals surface area contributed by atoms with E-state index >= 15 is 0 Å². The molecule has 0 aromatic carbocycles. The quantitative estimate of drug-likeness (QED) is 0.835. The van der Waals surface area contributed by atoms with Crippen LogP contribution in [0.4, 0.5) is 0 Å². The summed E-state index contributed by atoms with van der Waals surface area (Å²) in [6, 6.07) is 0. The Morgan fingerprint density at radius 1 is 1.50 bits per heavy atom. The van der Waals surface area contributed by atoms with Crippen LogP contribution in [0.15, 0.2) is 11.0 Å². The van der Waals surface area contributed by atoms with Gasteiger partial charge in [0, 0.05) is 18.3 Å². The molecule has 102 valence electrons. The van der Waals surface area contributed by atoms with Crippen molar-refractivity contribution in [1.82, 2.24) is 14.9 Å². The number of nitrogens with zero attached hydrogens (tertiary/aromatic N) is 2. The van der Waals surface area contributed by atoms with E-state index in [1.807, 2.05) is 29.5 Å². The van der Waals surface area contributed by atoms with Gasteiger partial charge in [-0.2, -0.15) is 0 Å². The lowest BCUT2D eigenvalue weighted by atomic mass is 10.1. The summed E-state index contributed by atoms with van der Waals surface area (Å²) < 4.78 is 2.44. The van der Waals surface area contributed by atoms with Crippen LogP contribution in [0.25, 0.3) is 0 Å². The molecular formula is C13H22IN3O. The molecular weight excluding hydrogens is 341 g/mol. The van der Waals surface area contributed by atoms with Crippen molar-refractivity contribution in [2.45, 2.75) is 46.7 Å². The minimum absolute atomic E-state index is 0.0608. The first kappa shape index (κ1) is 15.6. The molecule has 0 bridgehead atoms. The van der Waals surface area contributed by atoms with Crippen molar-refractivity contribution in [3.63, 3.8) is 0 Å². The molecule has 1 aromatic heterocycles. The molecule has 1 atom stereocenters. The Balaban J connectivity index is 2.74. The molecule has 0 saturated carbocycles. The van der Waals surface area contributed by atoms with E-state index in [0.29, 0.717) is 16.0 Å². The van der Waals surface area contributed by atoms with E-state index in [2.05, 4.69) is 38.0 Å². The third-order valence-corrected chi connectivity index (χ3v) is 3.42. The summed E-state index contributed by atoms with van der Waals surface area (Å²) in [7, 11) is 0. The SMILES string of the molecule is Cc1ncc(I)c(=O)n1CC(C)CNC(C)(C)C. The molecule has 1 aromatic rings. The van der Waals surface area contributed by atoms with Crippen LogP contribution in [0, 0.1) is 16.4 Å². The molecule has 5 heteroatoms. The molecule has 1 unspecified atom stereocenters. The van der Waals surface area contributed by atoms with Crippen molar-refractivity contribution in [1.29, 1.82) is 0 Å². The molecule has 0 saturated heterocycles. The van der Waals surface area contributed by atoms with Gasteiger partial charge < -0.3 is 5.32 Å². The molecule has 0 radical (unpaired) electrons. The van der Waals surface area contributed by atoms with Gasteiger partial charge in [-0.1, -0.05) is 6.92 Å². The fourth-order valence-electron chi connectivity index (χ4n) is 1.62. The molecule has 0 fully saturated rings. The molecule has 1 N–H and O–H groups in total. The Labute approximate surface area is 122 Å². The Bertz CT molecular complexity index is 462. The Kier molecular flexibility index (Phi) is 5.33. The molecule has 0 spiro atoms. The Hall–Kier alpha value is -0.430. The molecule has 1 rings (SSSR count). The van der Waals surface area contributed by atoms with Gasteiger partial charge in [-0.15, -0.1) is 0 Å². The van der Waals surface area contributed by atoms with Gasteiger partial charge >= 0.3 is 0 Å². The Morgan fingerprint density at radius 2 is 2.11 bits per heavy atom. The van der Waals surface area contributed by atoms with Gasteiger partial charge in [0.15, 0.2) is 0 Å². The summed E-state index contributed by atoms with van der Waals surface area (Å²) in [5.41, 5.74) is 0.170. The van der Waals surface area contributed by atoms with Crippen LogP contribution < -0.4 is 10.9 Å². The number of halogens is 1. The molecule has 18 heavy (non-hydrogen) atoms. The number of aromatic nitrogens is 2. The van der Waals surface area contributed by atoms with Crippen LogP contribution in [0.5, 0.6) is 0 Å². The van der Waals surface area contributed by atoms with Crippen LogP contribution in [0.3, 0.4) is 0 Å². The maximum atomic E-state index is 12.0. The second kappa shape index (κ2) is 6.14. The molecule has 0 aliphatic heterocycles. The molecule has 4 nitrogen and oxygen atoms in total. The van der Waals surface area contributed by atoms with Crippen LogP contribution in [-0.2, 0) is 6.54 Å². The van der Waals surface area contributed by atoms with E-state index in [1.54, 1.807) is 10.8 Å². The third-order valence-electron chi connectivity index (χ3n) is 2.68. The van der Waals surface area contributed by atoms with E-state index in [0.717, 1.165) is 12.4 Å². The van der Waals surface area contributed by atoms with E-state index in [4.69, 9.17) is 0 Å². The lowest BCUT2D eigenvalue weighted by Crippen LogP contribution is -2.40. The van der Waals surface area contributed by atoms with Gasteiger partial charge in [-0.25, -0.2) is 4.98 Å². The fourth-order valence-corrected chi connectivity index (χ4v) is 2.05. The largest absolute Gasteiger partial charge is 0.312 e. The highest BCUT2D eigenvalue weighted by Crippen LogP contribution is 2.05. The normalized spacial score (nSPS) is 13.7. The maximum absolute atomic E-state index is 12.0. The van der Waals surface area contributed by atoms with Crippen molar-refractivity contribution in [2.24, 2.45) is 5.92 Å². The van der Waals surface area contributed by atoms with Crippen molar-refractivity contribution in [3.05, 3.63) is 25.9 Å². The van der Waals surface area contributed by atoms with Gasteiger partial charge in [0.05, 0.1) is 3.57 Å². The van der Waals surface area contributed by atoms with Crippen LogP contribution in [0.1, 0.15) is 33.5 Å². The molecule has 0 aliphatic carbocycles. The summed E-state index contributed by atoms with van der Waals surface area (Å²) in [6.45, 7) is 12.0. The van der Waals surface area contributed by atoms with Crippen molar-refractivity contribution >= 4 is 22.6 Å². The van der Waals surface area contributed by atoms with Crippen molar-refractivity contribution < 1.29 is 0 Å². The van der Waals surface area contributed by atoms with Crippen molar-refractivity contribution in [3.8, 4) is 0 Å². The summed E-state index contributed by atoms with van der Waals surface area (Å²) in [5, 5.41) is 3.46. The fraction of sp³-hybridized carbons (Fsp3) is 0.692. The van der Waals surface area contributed by atoms with Crippen molar-refractivity contribution in [2.75, 3.05) is 6.54 Å². The van der Waals surface area contributed by atoms with Gasteiger partial charge in [-0.3, -0.25) is 9.36 Å². The summed E-state index contributed by atoms with van der Waals surface area (Å²) >= 11 is 2.04. The highest BCUT2D eigenvalue weighted by Gasteiger charge is 2.13. The molecule has 1 heterocycles. The van der Waals surface area contributed by atoms with Gasteiger partial charge in [0.1, 0.15) is 5.82 Å². The standard InChI is InChI=1S/C13H22IN3O/c1-9(6-16-13(3,4)5)8-17-10(2)15-7-11(14)12(17)18/h7,9,16H,6,8H2,1-5H3. The summed E-state index contributed by atoms with van der Waals surface area (Å²) in [5.74, 6) is 1.17. The number of aryl methyl sites for hydroxylation is 1. The monoisotopic (exact) mass is 363 g/mol. The molecule has 0 aliphatic rings. The minimum atomic E-state index is 0.0608. The first-order valence-electron chi connectivity index (χ1n) is 6.17. The smallest absolute Gasteiger partial charge is 0.266 e. The van der Waals surface area contributed by atoms with E-state index in [-0.39, 0.29) is 11.1 Å². The predicted octanol–water partition coefficient (Wildman–Crippen LogP) is 2.18. The average Bonchev–Trinajstić information content (AvgIpc) is 2.26. The number of hydrogen-bond acceptors (Lipinski definition) is 3. The minimum Gasteiger partial charge on any atom is -0.312 e. The van der Waals surface area contributed by atoms with E-state index in [1.165, 1.54) is 0 Å². The lowest BCUT2D eigenvalue weighted by Gasteiger charge is -2.24. The highest BCUT2D eigenvalue weighted by atomic mass is 127. The van der Waals surface area contributed by atoms with Gasteiger partial charge in [0.2, 0.25) is 0 Å². The van der Waals surface area contributed by atoms with Crippen LogP contribution in [-0.4, -0.2) is 21.6 Å². The number of rotatable bonds is 4. The zero-order chi connectivity index (χ0) is 13.9. The number of nitrogens with one attached hydrogen (secondary N) is 1. The average molecular weight is 363 g/mol. The Morgan fingerprint density at radius 3 is 2.67 bits per heavy atom. The first-order chi connectivity index (χ1) is 8.20. The zero-order valence-corrected chi connectivity index (χ0v) is 13.9. The predicted molar refractivity (Wildman–Crippen MR) is 82.9 cm³/mol. The summed E-state index contributed by atoms with van der Waals surface area (Å²) in [4.78, 5) is 16.3. The second-order valence-corrected chi connectivity index (χ2v) is 6.97. The van der Waals surface area contributed by atoms with Crippen LogP contribution in [0.2, 0.25) is 0 Å².